The van der Waals surface area contributed by atoms with E-state index in [2.05, 4.69) is 0 Å². The number of pyridine rings is 1. The molecule has 4 rings (SSSR count). The van der Waals surface area contributed by atoms with Gasteiger partial charge in [-0.25, -0.2) is 8.78 Å². The Bertz CT molecular complexity index is 1340. The molecule has 0 bridgehead atoms. The number of morpholine rings is 1. The number of halogens is 3. The maximum absolute atomic E-state index is 15.1. The summed E-state index contributed by atoms with van der Waals surface area (Å²) in [5, 5.41) is 9.91. The van der Waals surface area contributed by atoms with Crippen molar-refractivity contribution in [3.63, 3.8) is 0 Å². The molecule has 1 aromatic heterocycles. The topological polar surface area (TPSA) is 63.9 Å². The van der Waals surface area contributed by atoms with Gasteiger partial charge in [-0.1, -0.05) is 25.4 Å². The first kappa shape index (κ1) is 26.4. The second-order valence-corrected chi connectivity index (χ2v) is 9.87. The van der Waals surface area contributed by atoms with Crippen LogP contribution in [0.1, 0.15) is 36.6 Å². The first-order chi connectivity index (χ1) is 17.2. The maximum atomic E-state index is 15.1. The highest BCUT2D eigenvalue weighted by Gasteiger charge is 2.24. The summed E-state index contributed by atoms with van der Waals surface area (Å²) in [6.45, 7) is 7.46. The summed E-state index contributed by atoms with van der Waals surface area (Å²) < 4.78 is 42.9. The zero-order chi connectivity index (χ0) is 26.1. The molecular formula is C27H31ClF2N2O4. The third-order valence-corrected chi connectivity index (χ3v) is 7.19. The van der Waals surface area contributed by atoms with Crippen LogP contribution in [0.4, 0.5) is 14.5 Å². The quantitative estimate of drug-likeness (QED) is 0.450. The van der Waals surface area contributed by atoms with Crippen LogP contribution in [0.5, 0.6) is 5.75 Å². The molecule has 3 aromatic rings. The molecule has 6 nitrogen and oxygen atoms in total. The molecule has 1 N–H and O–H groups in total. The molecule has 1 fully saturated rings. The largest absolute Gasteiger partial charge is 0.496 e. The number of anilines is 1. The van der Waals surface area contributed by atoms with Gasteiger partial charge in [0.05, 0.1) is 44.2 Å². The van der Waals surface area contributed by atoms with E-state index < -0.39 is 16.7 Å². The van der Waals surface area contributed by atoms with Crippen molar-refractivity contribution < 1.29 is 23.4 Å². The van der Waals surface area contributed by atoms with Crippen LogP contribution in [0.2, 0.25) is 5.02 Å². The number of ether oxygens (including phenoxy) is 2. The van der Waals surface area contributed by atoms with Crippen molar-refractivity contribution in [3.05, 3.63) is 68.0 Å². The number of benzene rings is 2. The minimum atomic E-state index is -0.838. The molecule has 1 aliphatic rings. The van der Waals surface area contributed by atoms with E-state index in [0.29, 0.717) is 54.1 Å². The van der Waals surface area contributed by atoms with Gasteiger partial charge < -0.3 is 24.0 Å². The van der Waals surface area contributed by atoms with Crippen molar-refractivity contribution in [1.29, 1.82) is 0 Å². The van der Waals surface area contributed by atoms with Gasteiger partial charge in [0, 0.05) is 42.7 Å². The molecular weight excluding hydrogens is 490 g/mol. The number of nitrogens with zero attached hydrogens (tertiary/aromatic N) is 2. The summed E-state index contributed by atoms with van der Waals surface area (Å²) in [4.78, 5) is 14.9. The van der Waals surface area contributed by atoms with Crippen LogP contribution in [0.25, 0.3) is 10.9 Å². The minimum absolute atomic E-state index is 0.0449. The molecule has 1 unspecified atom stereocenters. The summed E-state index contributed by atoms with van der Waals surface area (Å²) in [5.74, 6) is -1.07. The highest BCUT2D eigenvalue weighted by atomic mass is 35.5. The normalized spacial score (nSPS) is 15.1. The molecule has 36 heavy (non-hydrogen) atoms. The Morgan fingerprint density at radius 3 is 2.44 bits per heavy atom. The lowest BCUT2D eigenvalue weighted by atomic mass is 9.98. The van der Waals surface area contributed by atoms with E-state index >= 15 is 4.39 Å². The number of hydrogen-bond donors (Lipinski definition) is 1. The van der Waals surface area contributed by atoms with Crippen molar-refractivity contribution >= 4 is 28.2 Å². The van der Waals surface area contributed by atoms with Crippen LogP contribution < -0.4 is 15.1 Å². The third kappa shape index (κ3) is 4.82. The number of fused-ring (bicyclic) bond motifs is 1. The zero-order valence-corrected chi connectivity index (χ0v) is 21.7. The van der Waals surface area contributed by atoms with E-state index in [-0.39, 0.29) is 41.7 Å². The van der Waals surface area contributed by atoms with E-state index in [0.717, 1.165) is 0 Å². The molecule has 194 valence electrons. The molecule has 1 saturated heterocycles. The molecule has 0 saturated carbocycles. The number of aryl methyl sites for hydroxylation is 1. The lowest BCUT2D eigenvalue weighted by Gasteiger charge is -2.30. The van der Waals surface area contributed by atoms with Gasteiger partial charge in [0.2, 0.25) is 0 Å². The Morgan fingerprint density at radius 1 is 1.14 bits per heavy atom. The van der Waals surface area contributed by atoms with E-state index in [9.17, 15) is 14.3 Å². The van der Waals surface area contributed by atoms with Crippen LogP contribution in [-0.2, 0) is 11.2 Å². The lowest BCUT2D eigenvalue weighted by molar-refractivity contribution is 0.122. The number of aliphatic hydroxyl groups excluding tert-OH is 1. The highest BCUT2D eigenvalue weighted by Crippen LogP contribution is 2.35. The molecule has 9 heteroatoms. The Labute approximate surface area is 214 Å². The molecule has 1 atom stereocenters. The monoisotopic (exact) mass is 520 g/mol. The predicted molar refractivity (Wildman–Crippen MR) is 138 cm³/mol. The molecule has 0 amide bonds. The lowest BCUT2D eigenvalue weighted by Crippen LogP contribution is -2.37. The summed E-state index contributed by atoms with van der Waals surface area (Å²) in [6.07, 6.45) is 1.79. The first-order valence-corrected chi connectivity index (χ1v) is 12.4. The first-order valence-electron chi connectivity index (χ1n) is 12.0. The number of methoxy groups -OCH3 is 1. The van der Waals surface area contributed by atoms with E-state index in [1.807, 2.05) is 18.4 Å². The van der Waals surface area contributed by atoms with Gasteiger partial charge >= 0.3 is 0 Å². The van der Waals surface area contributed by atoms with Crippen molar-refractivity contribution in [3.8, 4) is 5.75 Å². The number of aliphatic hydroxyl groups is 1. The number of rotatable bonds is 7. The summed E-state index contributed by atoms with van der Waals surface area (Å²) in [7, 11) is 1.50. The minimum Gasteiger partial charge on any atom is -0.496 e. The zero-order valence-electron chi connectivity index (χ0n) is 20.9. The second kappa shape index (κ2) is 10.7. The van der Waals surface area contributed by atoms with Crippen LogP contribution in [0, 0.1) is 24.5 Å². The smallest absolute Gasteiger partial charge is 0.192 e. The molecule has 0 aliphatic carbocycles. The number of aromatic nitrogens is 1. The maximum Gasteiger partial charge on any atom is 0.192 e. The average Bonchev–Trinajstić information content (AvgIpc) is 2.87. The fourth-order valence-corrected chi connectivity index (χ4v) is 5.01. The molecule has 0 spiro atoms. The summed E-state index contributed by atoms with van der Waals surface area (Å²) in [5.41, 5.74) is 1.98. The Morgan fingerprint density at radius 2 is 1.83 bits per heavy atom. The Hall–Kier alpha value is -2.68. The number of hydrogen-bond acceptors (Lipinski definition) is 5. The van der Waals surface area contributed by atoms with E-state index in [1.54, 1.807) is 30.2 Å². The highest BCUT2D eigenvalue weighted by molar-refractivity contribution is 6.31. The van der Waals surface area contributed by atoms with Crippen molar-refractivity contribution in [2.24, 2.45) is 5.92 Å². The van der Waals surface area contributed by atoms with Gasteiger partial charge in [-0.2, -0.15) is 0 Å². The molecule has 0 radical (unpaired) electrons. The Kier molecular flexibility index (Phi) is 7.87. The summed E-state index contributed by atoms with van der Waals surface area (Å²) >= 11 is 6.07. The van der Waals surface area contributed by atoms with Gasteiger partial charge in [-0.05, 0) is 36.1 Å². The van der Waals surface area contributed by atoms with Crippen molar-refractivity contribution in [2.45, 2.75) is 33.2 Å². The summed E-state index contributed by atoms with van der Waals surface area (Å²) in [6, 6.07) is 4.66. The molecule has 1 aliphatic heterocycles. The molecule has 2 heterocycles. The fraction of sp³-hybridized carbons (Fsp3) is 0.444. The third-order valence-electron chi connectivity index (χ3n) is 6.86. The average molecular weight is 521 g/mol. The van der Waals surface area contributed by atoms with E-state index in [1.165, 1.54) is 13.2 Å². The van der Waals surface area contributed by atoms with Gasteiger partial charge in [-0.3, -0.25) is 4.79 Å². The predicted octanol–water partition coefficient (Wildman–Crippen LogP) is 4.87. The van der Waals surface area contributed by atoms with Gasteiger partial charge in [0.15, 0.2) is 11.2 Å². The van der Waals surface area contributed by atoms with Gasteiger partial charge in [0.1, 0.15) is 16.6 Å². The van der Waals surface area contributed by atoms with Gasteiger partial charge in [-0.15, -0.1) is 0 Å². The van der Waals surface area contributed by atoms with Gasteiger partial charge in [0.25, 0.3) is 0 Å². The van der Waals surface area contributed by atoms with Crippen molar-refractivity contribution in [1.82, 2.24) is 4.57 Å². The molecule has 2 aromatic carbocycles. The van der Waals surface area contributed by atoms with E-state index in [4.69, 9.17) is 21.1 Å². The van der Waals surface area contributed by atoms with Crippen LogP contribution in [0.3, 0.4) is 0 Å². The fourth-order valence-electron chi connectivity index (χ4n) is 4.79. The van der Waals surface area contributed by atoms with Crippen molar-refractivity contribution in [2.75, 3.05) is 44.9 Å². The Balaban J connectivity index is 1.86. The second-order valence-electron chi connectivity index (χ2n) is 9.50. The van der Waals surface area contributed by atoms with Crippen LogP contribution in [-0.4, -0.2) is 49.7 Å². The SMILES string of the molecule is COc1cc2c(cc1Cc1cc(N3CCOCC3)c(F)c(Cl)c1F)c(=O)c(C)cn2C(CO)C(C)C. The standard InChI is InChI=1S/C27H31ClF2N2O4/c1-15(2)22(14-33)32-13-16(3)27(34)19-10-17(23(35-4)12-20(19)32)9-18-11-21(26(30)24(28)25(18)29)31-5-7-36-8-6-31/h10-13,15,22,33H,5-9,14H2,1-4H3. The van der Waals surface area contributed by atoms with Crippen LogP contribution >= 0.6 is 11.6 Å². The van der Waals surface area contributed by atoms with Crippen LogP contribution in [0.15, 0.2) is 29.2 Å².